The minimum atomic E-state index is -4.75. The van der Waals surface area contributed by atoms with Crippen molar-refractivity contribution < 1.29 is 23.2 Å². The van der Waals surface area contributed by atoms with Crippen molar-refractivity contribution in [3.63, 3.8) is 0 Å². The molecule has 0 atom stereocenters. The third kappa shape index (κ3) is 3.38. The van der Waals surface area contributed by atoms with Crippen LogP contribution in [0.4, 0.5) is 24.5 Å². The van der Waals surface area contributed by atoms with Crippen LogP contribution in [-0.4, -0.2) is 29.2 Å². The molecule has 1 aliphatic heterocycles. The first-order valence-electron chi connectivity index (χ1n) is 6.18. The zero-order chi connectivity index (χ0) is 15.8. The fourth-order valence-electron chi connectivity index (χ4n) is 2.27. The Balaban J connectivity index is 2.46. The maximum absolute atomic E-state index is 12.8. The molecule has 2 rings (SSSR count). The summed E-state index contributed by atoms with van der Waals surface area (Å²) in [5.74, 6) is 0. The van der Waals surface area contributed by atoms with E-state index < -0.39 is 33.5 Å². The average Bonchev–Trinajstić information content (AvgIpc) is 2.37. The SMILES string of the molecule is O=[N+]([O-])c1cc(C(F)(F)F)c(Cl)cc1N1CCC(O)CC1. The number of nitro groups is 1. The minimum absolute atomic E-state index is 0.0462. The Labute approximate surface area is 123 Å². The topological polar surface area (TPSA) is 66.6 Å². The Morgan fingerprint density at radius 3 is 2.38 bits per heavy atom. The van der Waals surface area contributed by atoms with Crippen molar-refractivity contribution in [2.45, 2.75) is 25.1 Å². The van der Waals surface area contributed by atoms with Crippen molar-refractivity contribution in [2.24, 2.45) is 0 Å². The van der Waals surface area contributed by atoms with Crippen LogP contribution in [0.1, 0.15) is 18.4 Å². The highest BCUT2D eigenvalue weighted by molar-refractivity contribution is 6.31. The number of alkyl halides is 3. The van der Waals surface area contributed by atoms with Crippen LogP contribution < -0.4 is 4.90 Å². The van der Waals surface area contributed by atoms with Gasteiger partial charge in [-0.3, -0.25) is 10.1 Å². The standard InChI is InChI=1S/C12H12ClF3N2O3/c13-9-6-10(17-3-1-7(19)2-4-17)11(18(20)21)5-8(9)12(14,15)16/h5-7,19H,1-4H2. The smallest absolute Gasteiger partial charge is 0.393 e. The first kappa shape index (κ1) is 15.8. The van der Waals surface area contributed by atoms with Crippen LogP contribution in [0.3, 0.4) is 0 Å². The lowest BCUT2D eigenvalue weighted by Gasteiger charge is -2.31. The molecule has 0 aromatic heterocycles. The van der Waals surface area contributed by atoms with Gasteiger partial charge in [0.1, 0.15) is 5.69 Å². The first-order valence-corrected chi connectivity index (χ1v) is 6.56. The van der Waals surface area contributed by atoms with E-state index in [0.717, 1.165) is 6.07 Å². The number of aliphatic hydroxyl groups excluding tert-OH is 1. The quantitative estimate of drug-likeness (QED) is 0.670. The lowest BCUT2D eigenvalue weighted by atomic mass is 10.1. The highest BCUT2D eigenvalue weighted by Crippen LogP contribution is 2.41. The Morgan fingerprint density at radius 1 is 1.33 bits per heavy atom. The van der Waals surface area contributed by atoms with Gasteiger partial charge in [-0.25, -0.2) is 0 Å². The molecular weight excluding hydrogens is 313 g/mol. The van der Waals surface area contributed by atoms with E-state index in [1.54, 1.807) is 4.90 Å². The molecule has 1 heterocycles. The number of hydrogen-bond donors (Lipinski definition) is 1. The summed E-state index contributed by atoms with van der Waals surface area (Å²) in [7, 11) is 0. The van der Waals surface area contributed by atoms with Crippen molar-refractivity contribution in [3.8, 4) is 0 Å². The zero-order valence-electron chi connectivity index (χ0n) is 10.7. The largest absolute Gasteiger partial charge is 0.418 e. The van der Waals surface area contributed by atoms with E-state index in [0.29, 0.717) is 32.0 Å². The molecule has 1 aromatic carbocycles. The molecule has 9 heteroatoms. The number of benzene rings is 1. The van der Waals surface area contributed by atoms with Crippen molar-refractivity contribution >= 4 is 23.0 Å². The van der Waals surface area contributed by atoms with Crippen LogP contribution in [-0.2, 0) is 6.18 Å². The summed E-state index contributed by atoms with van der Waals surface area (Å²) in [4.78, 5) is 11.7. The average molecular weight is 325 g/mol. The van der Waals surface area contributed by atoms with E-state index in [1.807, 2.05) is 0 Å². The third-order valence-corrected chi connectivity index (χ3v) is 3.68. The van der Waals surface area contributed by atoms with E-state index in [2.05, 4.69) is 0 Å². The molecule has 116 valence electrons. The fourth-order valence-corrected chi connectivity index (χ4v) is 2.54. The van der Waals surface area contributed by atoms with E-state index >= 15 is 0 Å². The Morgan fingerprint density at radius 2 is 1.90 bits per heavy atom. The predicted molar refractivity (Wildman–Crippen MR) is 70.6 cm³/mol. The molecule has 1 aromatic rings. The second kappa shape index (κ2) is 5.69. The summed E-state index contributed by atoms with van der Waals surface area (Å²) in [6.07, 6.45) is -4.45. The van der Waals surface area contributed by atoms with E-state index in [-0.39, 0.29) is 5.69 Å². The number of rotatable bonds is 2. The maximum atomic E-state index is 12.8. The lowest BCUT2D eigenvalue weighted by Crippen LogP contribution is -2.36. The number of nitrogens with zero attached hydrogens (tertiary/aromatic N) is 2. The lowest BCUT2D eigenvalue weighted by molar-refractivity contribution is -0.384. The van der Waals surface area contributed by atoms with Gasteiger partial charge in [-0.05, 0) is 18.9 Å². The molecular formula is C12H12ClF3N2O3. The van der Waals surface area contributed by atoms with E-state index in [9.17, 15) is 28.4 Å². The van der Waals surface area contributed by atoms with Gasteiger partial charge in [-0.1, -0.05) is 11.6 Å². The Hall–Kier alpha value is -1.54. The van der Waals surface area contributed by atoms with Gasteiger partial charge in [-0.2, -0.15) is 13.2 Å². The van der Waals surface area contributed by atoms with Crippen molar-refractivity contribution in [1.82, 2.24) is 0 Å². The number of nitro benzene ring substituents is 1. The summed E-state index contributed by atoms with van der Waals surface area (Å²) < 4.78 is 38.3. The second-order valence-corrected chi connectivity index (χ2v) is 5.20. The van der Waals surface area contributed by atoms with Crippen molar-refractivity contribution in [3.05, 3.63) is 32.8 Å². The van der Waals surface area contributed by atoms with Crippen LogP contribution in [0.25, 0.3) is 0 Å². The summed E-state index contributed by atoms with van der Waals surface area (Å²) in [6.45, 7) is 0.646. The summed E-state index contributed by atoms with van der Waals surface area (Å²) in [5, 5.41) is 19.9. The van der Waals surface area contributed by atoms with Crippen molar-refractivity contribution in [2.75, 3.05) is 18.0 Å². The number of hydrogen-bond acceptors (Lipinski definition) is 4. The summed E-state index contributed by atoms with van der Waals surface area (Å²) >= 11 is 5.62. The summed E-state index contributed by atoms with van der Waals surface area (Å²) in [6, 6.07) is 1.43. The molecule has 1 aliphatic rings. The van der Waals surface area contributed by atoms with Gasteiger partial charge >= 0.3 is 6.18 Å². The van der Waals surface area contributed by atoms with Gasteiger partial charge in [0.2, 0.25) is 0 Å². The molecule has 0 bridgehead atoms. The van der Waals surface area contributed by atoms with E-state index in [4.69, 9.17) is 11.6 Å². The van der Waals surface area contributed by atoms with E-state index in [1.165, 1.54) is 0 Å². The Bertz CT molecular complexity index is 557. The molecule has 1 fully saturated rings. The Kier molecular flexibility index (Phi) is 4.29. The van der Waals surface area contributed by atoms with Crippen LogP contribution in [0.15, 0.2) is 12.1 Å². The number of piperidine rings is 1. The fraction of sp³-hybridized carbons (Fsp3) is 0.500. The summed E-state index contributed by atoms with van der Waals surface area (Å²) in [5.41, 5.74) is -1.82. The van der Waals surface area contributed by atoms with Gasteiger partial charge < -0.3 is 10.0 Å². The van der Waals surface area contributed by atoms with Gasteiger partial charge in [0.05, 0.1) is 21.6 Å². The van der Waals surface area contributed by atoms with Crippen LogP contribution in [0, 0.1) is 10.1 Å². The monoisotopic (exact) mass is 324 g/mol. The first-order chi connectivity index (χ1) is 9.70. The van der Waals surface area contributed by atoms with Crippen molar-refractivity contribution in [1.29, 1.82) is 0 Å². The molecule has 0 saturated carbocycles. The third-order valence-electron chi connectivity index (χ3n) is 3.37. The number of anilines is 1. The van der Waals surface area contributed by atoms with Gasteiger partial charge in [-0.15, -0.1) is 0 Å². The van der Waals surface area contributed by atoms with Crippen LogP contribution in [0.2, 0.25) is 5.02 Å². The van der Waals surface area contributed by atoms with Gasteiger partial charge in [0, 0.05) is 19.2 Å². The molecule has 0 spiro atoms. The minimum Gasteiger partial charge on any atom is -0.393 e. The zero-order valence-corrected chi connectivity index (χ0v) is 11.5. The normalized spacial score (nSPS) is 17.1. The van der Waals surface area contributed by atoms with Gasteiger partial charge in [0.15, 0.2) is 0 Å². The molecule has 1 N–H and O–H groups in total. The van der Waals surface area contributed by atoms with Crippen LogP contribution in [0.5, 0.6) is 0 Å². The highest BCUT2D eigenvalue weighted by Gasteiger charge is 2.37. The molecule has 0 radical (unpaired) electrons. The number of aliphatic hydroxyl groups is 1. The second-order valence-electron chi connectivity index (χ2n) is 4.79. The molecule has 1 saturated heterocycles. The van der Waals surface area contributed by atoms with Gasteiger partial charge in [0.25, 0.3) is 5.69 Å². The molecule has 0 aliphatic carbocycles. The highest BCUT2D eigenvalue weighted by atomic mass is 35.5. The maximum Gasteiger partial charge on any atom is 0.418 e. The predicted octanol–water partition coefficient (Wildman–Crippen LogP) is 3.23. The number of halogens is 4. The molecule has 0 unspecified atom stereocenters. The molecule has 5 nitrogen and oxygen atoms in total. The molecule has 0 amide bonds. The molecule has 21 heavy (non-hydrogen) atoms. The van der Waals surface area contributed by atoms with Crippen LogP contribution >= 0.6 is 11.6 Å².